The zero-order chi connectivity index (χ0) is 37.2. The Morgan fingerprint density at radius 1 is 0.943 bits per heavy atom. The summed E-state index contributed by atoms with van der Waals surface area (Å²) in [5.41, 5.74) is 4.99. The zero-order valence-corrected chi connectivity index (χ0v) is 32.7. The molecule has 274 valence electrons. The first-order valence-electron chi connectivity index (χ1n) is 18.4. The van der Waals surface area contributed by atoms with Crippen molar-refractivity contribution in [2.24, 2.45) is 5.92 Å². The minimum atomic E-state index is -3.52. The van der Waals surface area contributed by atoms with Crippen LogP contribution in [-0.2, 0) is 50.7 Å². The number of rotatable bonds is 7. The lowest BCUT2D eigenvalue weighted by molar-refractivity contribution is -0.151. The monoisotopic (exact) mass is 795 g/mol. The number of para-hydroxylation sites is 1. The number of aliphatic hydroxyl groups excluding tert-OH is 1. The van der Waals surface area contributed by atoms with Crippen LogP contribution in [0, 0.1) is 5.92 Å². The standard InChI is InChI=1S/C42H43BrFN3O5Si/c1-26-40(53(2,3)44)37(22-39(50)45-24-30-10-5-4-9-29(30)20-33(45)25-48)52-42(26)34-21-31(43)15-18-36(34)46(41(42)51)23-27-12-16-32(17-13-27)47-35-11-7-6-8-28(35)14-19-38(47)49/h4-13,15-18,21,26,33,37,40,48H,14,19-20,22-25H2,1-3H3/t26-,33-,37+,40-,42+/m0/s1. The number of hydrogen-bond donors (Lipinski definition) is 1. The van der Waals surface area contributed by atoms with Crippen LogP contribution in [0.1, 0.15) is 47.6 Å². The van der Waals surface area contributed by atoms with Crippen LogP contribution in [0.3, 0.4) is 0 Å². The molecule has 8 nitrogen and oxygen atoms in total. The molecule has 11 heteroatoms. The van der Waals surface area contributed by atoms with Crippen LogP contribution < -0.4 is 9.80 Å². The quantitative estimate of drug-likeness (QED) is 0.153. The third-order valence-corrected chi connectivity index (χ3v) is 14.8. The van der Waals surface area contributed by atoms with Gasteiger partial charge in [-0.3, -0.25) is 19.3 Å². The molecule has 1 fully saturated rings. The van der Waals surface area contributed by atoms with Crippen molar-refractivity contribution in [1.29, 1.82) is 0 Å². The van der Waals surface area contributed by atoms with Crippen LogP contribution in [0.4, 0.5) is 21.2 Å². The largest absolute Gasteiger partial charge is 0.394 e. The number of amides is 3. The fourth-order valence-corrected chi connectivity index (χ4v) is 12.2. The van der Waals surface area contributed by atoms with Gasteiger partial charge in [0.15, 0.2) is 5.60 Å². The Morgan fingerprint density at radius 3 is 2.36 bits per heavy atom. The van der Waals surface area contributed by atoms with E-state index in [1.165, 1.54) is 0 Å². The van der Waals surface area contributed by atoms with Gasteiger partial charge in [0.1, 0.15) is 0 Å². The van der Waals surface area contributed by atoms with E-state index in [1.54, 1.807) is 27.8 Å². The molecule has 5 atom stereocenters. The maximum Gasteiger partial charge on any atom is 0.264 e. The molecule has 0 bridgehead atoms. The molecular weight excluding hydrogens is 753 g/mol. The summed E-state index contributed by atoms with van der Waals surface area (Å²) in [4.78, 5) is 47.3. The van der Waals surface area contributed by atoms with Gasteiger partial charge in [-0.25, -0.2) is 0 Å². The highest BCUT2D eigenvalue weighted by Gasteiger charge is 2.67. The lowest BCUT2D eigenvalue weighted by Gasteiger charge is -2.37. The molecule has 4 aromatic rings. The molecule has 4 aliphatic rings. The number of carbonyl (C=O) groups excluding carboxylic acids is 3. The Hall–Kier alpha value is -4.16. The topological polar surface area (TPSA) is 90.4 Å². The van der Waals surface area contributed by atoms with Crippen LogP contribution in [0.25, 0.3) is 0 Å². The van der Waals surface area contributed by atoms with E-state index in [4.69, 9.17) is 4.74 Å². The Labute approximate surface area is 318 Å². The van der Waals surface area contributed by atoms with Crippen molar-refractivity contribution in [2.75, 3.05) is 16.4 Å². The van der Waals surface area contributed by atoms with Gasteiger partial charge in [0.2, 0.25) is 20.2 Å². The summed E-state index contributed by atoms with van der Waals surface area (Å²) in [7, 11) is -3.52. The Morgan fingerprint density at radius 2 is 1.64 bits per heavy atom. The summed E-state index contributed by atoms with van der Waals surface area (Å²) in [6.07, 6.45) is 0.765. The van der Waals surface area contributed by atoms with Crippen LogP contribution in [0.15, 0.2) is 95.5 Å². The van der Waals surface area contributed by atoms with E-state index in [9.17, 15) is 19.5 Å². The number of anilines is 3. The second-order valence-corrected chi connectivity index (χ2v) is 20.1. The second-order valence-electron chi connectivity index (χ2n) is 15.4. The van der Waals surface area contributed by atoms with E-state index < -0.39 is 37.6 Å². The fraction of sp³-hybridized carbons (Fsp3) is 0.357. The summed E-state index contributed by atoms with van der Waals surface area (Å²) < 4.78 is 24.2. The van der Waals surface area contributed by atoms with E-state index in [0.717, 1.165) is 38.1 Å². The summed E-state index contributed by atoms with van der Waals surface area (Å²) in [5.74, 6) is -1.01. The van der Waals surface area contributed by atoms with E-state index in [0.29, 0.717) is 37.1 Å². The smallest absolute Gasteiger partial charge is 0.264 e. The average molecular weight is 797 g/mol. The van der Waals surface area contributed by atoms with E-state index in [2.05, 4.69) is 22.0 Å². The van der Waals surface area contributed by atoms with Crippen LogP contribution >= 0.6 is 15.9 Å². The van der Waals surface area contributed by atoms with Gasteiger partial charge in [-0.1, -0.05) is 77.5 Å². The molecule has 1 saturated heterocycles. The van der Waals surface area contributed by atoms with E-state index >= 15 is 4.11 Å². The molecule has 1 spiro atoms. The molecule has 53 heavy (non-hydrogen) atoms. The first-order valence-corrected chi connectivity index (χ1v) is 22.1. The van der Waals surface area contributed by atoms with Gasteiger partial charge in [0.05, 0.1) is 43.1 Å². The van der Waals surface area contributed by atoms with Crippen molar-refractivity contribution in [2.45, 2.75) is 82.1 Å². The number of fused-ring (bicyclic) bond motifs is 4. The van der Waals surface area contributed by atoms with Crippen molar-refractivity contribution in [1.82, 2.24) is 4.90 Å². The minimum Gasteiger partial charge on any atom is -0.394 e. The van der Waals surface area contributed by atoms with Gasteiger partial charge in [0.25, 0.3) is 5.91 Å². The summed E-state index contributed by atoms with van der Waals surface area (Å²) in [6.45, 7) is 5.57. The molecule has 0 unspecified atom stereocenters. The molecule has 4 aliphatic heterocycles. The van der Waals surface area contributed by atoms with Gasteiger partial charge >= 0.3 is 0 Å². The lowest BCUT2D eigenvalue weighted by Crippen LogP contribution is -2.48. The van der Waals surface area contributed by atoms with Crippen molar-refractivity contribution in [3.05, 3.63) is 123 Å². The maximum absolute atomic E-state index is 16.5. The summed E-state index contributed by atoms with van der Waals surface area (Å²) in [6, 6.07) is 28.8. The third kappa shape index (κ3) is 6.05. The van der Waals surface area contributed by atoms with Gasteiger partial charge in [-0.2, -0.15) is 0 Å². The molecule has 0 aliphatic carbocycles. The SMILES string of the molecule is C[C@H]1[C@H]([Si](C)(C)F)[C@@H](CC(=O)N2Cc3ccccc3C[C@H]2CO)O[C@]12C(=O)N(Cc1ccc(N3C(=O)CCc4ccccc43)cc1)c1ccc(Br)cc12. The van der Waals surface area contributed by atoms with Crippen molar-refractivity contribution in [3.63, 3.8) is 0 Å². The van der Waals surface area contributed by atoms with Crippen LogP contribution in [-0.4, -0.2) is 54.9 Å². The van der Waals surface area contributed by atoms with Gasteiger partial charge in [-0.15, -0.1) is 0 Å². The highest BCUT2D eigenvalue weighted by atomic mass is 79.9. The van der Waals surface area contributed by atoms with Crippen molar-refractivity contribution >= 4 is 59.1 Å². The minimum absolute atomic E-state index is 0.0406. The Bertz CT molecular complexity index is 2110. The number of halogens is 2. The number of aliphatic hydroxyl groups is 1. The molecule has 1 N–H and O–H groups in total. The fourth-order valence-electron chi connectivity index (χ4n) is 9.35. The highest BCUT2D eigenvalue weighted by Crippen LogP contribution is 2.60. The first kappa shape index (κ1) is 35.8. The van der Waals surface area contributed by atoms with Crippen LogP contribution in [0.2, 0.25) is 18.6 Å². The van der Waals surface area contributed by atoms with Crippen LogP contribution in [0.5, 0.6) is 0 Å². The molecule has 4 aromatic carbocycles. The van der Waals surface area contributed by atoms with Gasteiger partial charge in [0, 0.05) is 40.1 Å². The summed E-state index contributed by atoms with van der Waals surface area (Å²) in [5, 5.41) is 10.3. The molecule has 8 rings (SSSR count). The molecular formula is C42H43BrFN3O5Si. The highest BCUT2D eigenvalue weighted by molar-refractivity contribution is 9.10. The molecule has 0 saturated carbocycles. The second kappa shape index (κ2) is 13.6. The predicted octanol–water partition coefficient (Wildman–Crippen LogP) is 7.72. The van der Waals surface area contributed by atoms with Gasteiger partial charge < -0.3 is 23.8 Å². The number of carbonyl (C=O) groups is 3. The molecule has 4 heterocycles. The lowest BCUT2D eigenvalue weighted by atomic mass is 9.82. The molecule has 0 aromatic heterocycles. The van der Waals surface area contributed by atoms with Gasteiger partial charge in [-0.05, 0) is 84.6 Å². The van der Waals surface area contributed by atoms with Crippen molar-refractivity contribution < 1.29 is 28.3 Å². The van der Waals surface area contributed by atoms with E-state index in [1.807, 2.05) is 91.9 Å². The third-order valence-electron chi connectivity index (χ3n) is 11.8. The predicted molar refractivity (Wildman–Crippen MR) is 208 cm³/mol. The Kier molecular flexibility index (Phi) is 9.20. The van der Waals surface area contributed by atoms with Crippen molar-refractivity contribution in [3.8, 4) is 0 Å². The first-order chi connectivity index (χ1) is 25.4. The number of ether oxygens (including phenoxy) is 1. The normalized spacial score (nSPS) is 25.1. The molecule has 0 radical (unpaired) electrons. The zero-order valence-electron chi connectivity index (χ0n) is 30.1. The number of aryl methyl sites for hydroxylation is 1. The molecule has 3 amide bonds. The average Bonchev–Trinajstić information content (AvgIpc) is 3.56. The number of hydrogen-bond acceptors (Lipinski definition) is 5. The maximum atomic E-state index is 16.5. The summed E-state index contributed by atoms with van der Waals surface area (Å²) >= 11 is 3.61. The Balaban J connectivity index is 1.09. The number of nitrogens with zero attached hydrogens (tertiary/aromatic N) is 3. The number of benzene rings is 4. The van der Waals surface area contributed by atoms with E-state index in [-0.39, 0.29) is 37.3 Å².